The zero-order chi connectivity index (χ0) is 6.97. The van der Waals surface area contributed by atoms with Gasteiger partial charge in [-0.15, -0.1) is 0 Å². The molecule has 0 aromatic carbocycles. The Morgan fingerprint density at radius 3 is 3.30 bits per heavy atom. The van der Waals surface area contributed by atoms with Gasteiger partial charge in [0, 0.05) is 5.70 Å². The summed E-state index contributed by atoms with van der Waals surface area (Å²) in [6, 6.07) is 0. The molecule has 0 radical (unpaired) electrons. The van der Waals surface area contributed by atoms with Crippen LogP contribution in [0.3, 0.4) is 0 Å². The summed E-state index contributed by atoms with van der Waals surface area (Å²) in [6.07, 6.45) is 6.91. The summed E-state index contributed by atoms with van der Waals surface area (Å²) < 4.78 is 0. The van der Waals surface area contributed by atoms with Crippen LogP contribution in [0.25, 0.3) is 0 Å². The molecule has 1 saturated heterocycles. The minimum atomic E-state index is 0.157. The van der Waals surface area contributed by atoms with E-state index in [1.165, 1.54) is 0 Å². The van der Waals surface area contributed by atoms with Gasteiger partial charge in [-0.1, -0.05) is 12.2 Å². The minimum absolute atomic E-state index is 0.157. The first-order valence-corrected chi connectivity index (χ1v) is 3.51. The highest BCUT2D eigenvalue weighted by atomic mass is 16.1. The number of hydrogen-bond donors (Lipinski definition) is 1. The Balaban J connectivity index is 2.31. The first kappa shape index (κ1) is 5.71. The van der Waals surface area contributed by atoms with Gasteiger partial charge in [0.25, 0.3) is 0 Å². The maximum Gasteiger partial charge on any atom is 0.161 e. The zero-order valence-electron chi connectivity index (χ0n) is 5.63. The van der Waals surface area contributed by atoms with Gasteiger partial charge in [0.05, 0.1) is 12.5 Å². The SMILES string of the molecule is O=C1CNC2=CC=CCC12. The van der Waals surface area contributed by atoms with Gasteiger partial charge in [-0.05, 0) is 12.5 Å². The van der Waals surface area contributed by atoms with Crippen LogP contribution in [0.5, 0.6) is 0 Å². The number of allylic oxidation sites excluding steroid dienone is 4. The molecule has 1 heterocycles. The minimum Gasteiger partial charge on any atom is -0.381 e. The predicted octanol–water partition coefficient (Wildman–Crippen LogP) is 0.619. The van der Waals surface area contributed by atoms with E-state index in [9.17, 15) is 4.79 Å². The van der Waals surface area contributed by atoms with Crippen LogP contribution in [0.15, 0.2) is 23.9 Å². The maximum atomic E-state index is 11.1. The molecule has 0 aromatic heterocycles. The van der Waals surface area contributed by atoms with Crippen LogP contribution in [0.2, 0.25) is 0 Å². The number of nitrogens with one attached hydrogen (secondary N) is 1. The maximum absolute atomic E-state index is 11.1. The van der Waals surface area contributed by atoms with Gasteiger partial charge in [0.2, 0.25) is 0 Å². The number of carbonyl (C=O) groups excluding carboxylic acids is 1. The number of ketones is 1. The molecule has 2 aliphatic rings. The molecular weight excluding hydrogens is 126 g/mol. The molecule has 1 fully saturated rings. The second-order valence-electron chi connectivity index (χ2n) is 2.66. The van der Waals surface area contributed by atoms with E-state index < -0.39 is 0 Å². The fourth-order valence-corrected chi connectivity index (χ4v) is 1.43. The van der Waals surface area contributed by atoms with Gasteiger partial charge in [0.15, 0.2) is 5.78 Å². The molecule has 1 atom stereocenters. The van der Waals surface area contributed by atoms with Crippen molar-refractivity contribution in [3.05, 3.63) is 23.9 Å². The quantitative estimate of drug-likeness (QED) is 0.527. The summed E-state index contributed by atoms with van der Waals surface area (Å²) in [7, 11) is 0. The fourth-order valence-electron chi connectivity index (χ4n) is 1.43. The Hall–Kier alpha value is -1.05. The van der Waals surface area contributed by atoms with Gasteiger partial charge in [0.1, 0.15) is 0 Å². The molecule has 10 heavy (non-hydrogen) atoms. The first-order chi connectivity index (χ1) is 4.88. The molecule has 1 N–H and O–H groups in total. The van der Waals surface area contributed by atoms with Crippen LogP contribution in [0.4, 0.5) is 0 Å². The molecule has 2 nitrogen and oxygen atoms in total. The second kappa shape index (κ2) is 1.97. The fraction of sp³-hybridized carbons (Fsp3) is 0.375. The van der Waals surface area contributed by atoms with Crippen LogP contribution in [0.1, 0.15) is 6.42 Å². The van der Waals surface area contributed by atoms with Crippen LogP contribution < -0.4 is 5.32 Å². The number of fused-ring (bicyclic) bond motifs is 1. The zero-order valence-corrected chi connectivity index (χ0v) is 5.63. The Morgan fingerprint density at radius 1 is 1.60 bits per heavy atom. The van der Waals surface area contributed by atoms with Gasteiger partial charge < -0.3 is 5.32 Å². The van der Waals surface area contributed by atoms with Crippen molar-refractivity contribution in [1.82, 2.24) is 5.32 Å². The van der Waals surface area contributed by atoms with E-state index in [0.717, 1.165) is 12.1 Å². The second-order valence-corrected chi connectivity index (χ2v) is 2.66. The summed E-state index contributed by atoms with van der Waals surface area (Å²) >= 11 is 0. The van der Waals surface area contributed by atoms with Gasteiger partial charge >= 0.3 is 0 Å². The summed E-state index contributed by atoms with van der Waals surface area (Å²) in [5.74, 6) is 0.487. The van der Waals surface area contributed by atoms with Crippen molar-refractivity contribution < 1.29 is 4.79 Å². The molecular formula is C8H9NO. The average molecular weight is 135 g/mol. The van der Waals surface area contributed by atoms with Crippen molar-refractivity contribution in [3.8, 4) is 0 Å². The molecule has 1 unspecified atom stereocenters. The van der Waals surface area contributed by atoms with Crippen molar-refractivity contribution in [2.45, 2.75) is 6.42 Å². The monoisotopic (exact) mass is 135 g/mol. The van der Waals surface area contributed by atoms with Crippen molar-refractivity contribution in [1.29, 1.82) is 0 Å². The van der Waals surface area contributed by atoms with Crippen LogP contribution >= 0.6 is 0 Å². The molecule has 0 aromatic rings. The number of Topliss-reactive ketones (excluding diaryl/α,β-unsaturated/α-hetero) is 1. The van der Waals surface area contributed by atoms with Crippen LogP contribution in [0, 0.1) is 5.92 Å². The van der Waals surface area contributed by atoms with Crippen molar-refractivity contribution in [2.75, 3.05) is 6.54 Å². The van der Waals surface area contributed by atoms with Gasteiger partial charge in [-0.25, -0.2) is 0 Å². The summed E-state index contributed by atoms with van der Waals surface area (Å²) in [5.41, 5.74) is 1.10. The molecule has 0 spiro atoms. The van der Waals surface area contributed by atoms with E-state index in [1.807, 2.05) is 18.2 Å². The highest BCUT2D eigenvalue weighted by Gasteiger charge is 2.28. The normalized spacial score (nSPS) is 29.4. The van der Waals surface area contributed by atoms with Crippen LogP contribution in [-0.2, 0) is 4.79 Å². The Kier molecular flexibility index (Phi) is 1.13. The Bertz CT molecular complexity index is 227. The molecule has 2 heteroatoms. The topological polar surface area (TPSA) is 29.1 Å². The van der Waals surface area contributed by atoms with E-state index >= 15 is 0 Å². The standard InChI is InChI=1S/C8H9NO/c10-8-5-9-7-4-2-1-3-6(7)8/h1-2,4,6,9H,3,5H2. The summed E-state index contributed by atoms with van der Waals surface area (Å²) in [4.78, 5) is 11.1. The van der Waals surface area contributed by atoms with Crippen molar-refractivity contribution >= 4 is 5.78 Å². The third-order valence-corrected chi connectivity index (χ3v) is 2.01. The molecule has 52 valence electrons. The number of rotatable bonds is 0. The largest absolute Gasteiger partial charge is 0.381 e. The van der Waals surface area contributed by atoms with Crippen molar-refractivity contribution in [2.24, 2.45) is 5.92 Å². The average Bonchev–Trinajstić information content (AvgIpc) is 2.34. The molecule has 1 aliphatic carbocycles. The molecule has 1 aliphatic heterocycles. The molecule has 2 rings (SSSR count). The van der Waals surface area contributed by atoms with Gasteiger partial charge in [-0.2, -0.15) is 0 Å². The molecule has 0 saturated carbocycles. The van der Waals surface area contributed by atoms with Gasteiger partial charge in [-0.3, -0.25) is 4.79 Å². The Labute approximate surface area is 59.6 Å². The third kappa shape index (κ3) is 0.685. The lowest BCUT2D eigenvalue weighted by Crippen LogP contribution is -2.09. The van der Waals surface area contributed by atoms with E-state index in [0.29, 0.717) is 12.3 Å². The third-order valence-electron chi connectivity index (χ3n) is 2.01. The molecule has 0 amide bonds. The van der Waals surface area contributed by atoms with E-state index in [4.69, 9.17) is 0 Å². The highest BCUT2D eigenvalue weighted by molar-refractivity contribution is 5.89. The van der Waals surface area contributed by atoms with Crippen molar-refractivity contribution in [3.63, 3.8) is 0 Å². The van der Waals surface area contributed by atoms with E-state index in [2.05, 4.69) is 5.32 Å². The lowest BCUT2D eigenvalue weighted by molar-refractivity contribution is -0.119. The smallest absolute Gasteiger partial charge is 0.161 e. The number of carbonyl (C=O) groups is 1. The lowest BCUT2D eigenvalue weighted by atomic mass is 9.96. The lowest BCUT2D eigenvalue weighted by Gasteiger charge is -2.09. The van der Waals surface area contributed by atoms with E-state index in [-0.39, 0.29) is 5.92 Å². The first-order valence-electron chi connectivity index (χ1n) is 3.51. The molecule has 0 bridgehead atoms. The Morgan fingerprint density at radius 2 is 2.50 bits per heavy atom. The highest BCUT2D eigenvalue weighted by Crippen LogP contribution is 2.23. The summed E-state index contributed by atoms with van der Waals surface area (Å²) in [6.45, 7) is 0.526. The summed E-state index contributed by atoms with van der Waals surface area (Å²) in [5, 5.41) is 3.07. The number of hydrogen-bond acceptors (Lipinski definition) is 2. The van der Waals surface area contributed by atoms with E-state index in [1.54, 1.807) is 0 Å². The van der Waals surface area contributed by atoms with Crippen LogP contribution in [-0.4, -0.2) is 12.3 Å². The predicted molar refractivity (Wildman–Crippen MR) is 38.3 cm³/mol.